The summed E-state index contributed by atoms with van der Waals surface area (Å²) < 4.78 is 0.780. The van der Waals surface area contributed by atoms with Crippen LogP contribution >= 0.6 is 27.5 Å². The minimum absolute atomic E-state index is 0.297. The Morgan fingerprint density at radius 1 is 1.75 bits per heavy atom. The largest absolute Gasteiger partial charge is 0.384 e. The molecule has 0 aromatic carbocycles. The molecule has 64 valence electrons. The van der Waals surface area contributed by atoms with Crippen molar-refractivity contribution in [2.24, 2.45) is 0 Å². The molecule has 1 rings (SSSR count). The van der Waals surface area contributed by atoms with Crippen molar-refractivity contribution in [1.82, 2.24) is 4.98 Å². The molecule has 0 fully saturated rings. The minimum atomic E-state index is -0.762. The molecule has 1 N–H and O–H groups in total. The second-order valence-electron chi connectivity index (χ2n) is 2.21. The first-order valence-corrected chi connectivity index (χ1v) is 4.44. The van der Waals surface area contributed by atoms with Crippen LogP contribution in [0.3, 0.4) is 0 Å². The lowest BCUT2D eigenvalue weighted by atomic mass is 10.2. The molecule has 0 aliphatic rings. The quantitative estimate of drug-likeness (QED) is 0.645. The van der Waals surface area contributed by atoms with Crippen molar-refractivity contribution in [2.75, 3.05) is 0 Å². The summed E-state index contributed by atoms with van der Waals surface area (Å²) in [7, 11) is 0. The summed E-state index contributed by atoms with van der Waals surface area (Å²) in [4.78, 5) is 3.86. The molecular formula is C8H7BrClNO. The van der Waals surface area contributed by atoms with Crippen LogP contribution in [-0.4, -0.2) is 10.1 Å². The summed E-state index contributed by atoms with van der Waals surface area (Å²) in [5.74, 6) is 0. The Morgan fingerprint density at radius 3 is 3.00 bits per heavy atom. The van der Waals surface area contributed by atoms with Gasteiger partial charge in [-0.3, -0.25) is 0 Å². The Morgan fingerprint density at radius 2 is 2.42 bits per heavy atom. The molecule has 0 aliphatic heterocycles. The van der Waals surface area contributed by atoms with Gasteiger partial charge in [0, 0.05) is 16.2 Å². The molecule has 0 amide bonds. The van der Waals surface area contributed by atoms with Gasteiger partial charge in [0.15, 0.2) is 0 Å². The Kier molecular flexibility index (Phi) is 3.26. The molecule has 0 saturated heterocycles. The van der Waals surface area contributed by atoms with Gasteiger partial charge in [-0.15, -0.1) is 6.58 Å². The van der Waals surface area contributed by atoms with Crippen LogP contribution in [0.25, 0.3) is 0 Å². The van der Waals surface area contributed by atoms with Crippen LogP contribution in [0.5, 0.6) is 0 Å². The van der Waals surface area contributed by atoms with Crippen LogP contribution in [-0.2, 0) is 0 Å². The third-order valence-electron chi connectivity index (χ3n) is 1.37. The topological polar surface area (TPSA) is 33.1 Å². The highest BCUT2D eigenvalue weighted by atomic mass is 79.9. The fraction of sp³-hybridized carbons (Fsp3) is 0.125. The van der Waals surface area contributed by atoms with Crippen LogP contribution in [0.2, 0.25) is 5.15 Å². The van der Waals surface area contributed by atoms with Crippen molar-refractivity contribution >= 4 is 27.5 Å². The number of pyridine rings is 1. The lowest BCUT2D eigenvalue weighted by Crippen LogP contribution is -1.95. The minimum Gasteiger partial charge on any atom is -0.384 e. The Labute approximate surface area is 84.0 Å². The van der Waals surface area contributed by atoms with Gasteiger partial charge < -0.3 is 5.11 Å². The van der Waals surface area contributed by atoms with E-state index in [9.17, 15) is 5.11 Å². The average Bonchev–Trinajstić information content (AvgIpc) is 2.08. The van der Waals surface area contributed by atoms with Gasteiger partial charge in [0.1, 0.15) is 5.15 Å². The number of nitrogens with zero attached hydrogens (tertiary/aromatic N) is 1. The first kappa shape index (κ1) is 9.71. The fourth-order valence-corrected chi connectivity index (χ4v) is 1.34. The van der Waals surface area contributed by atoms with E-state index in [1.165, 1.54) is 6.08 Å². The normalized spacial score (nSPS) is 12.6. The first-order valence-electron chi connectivity index (χ1n) is 3.26. The molecule has 1 aromatic heterocycles. The maximum absolute atomic E-state index is 9.37. The average molecular weight is 249 g/mol. The summed E-state index contributed by atoms with van der Waals surface area (Å²) in [6, 6.07) is 1.71. The molecule has 0 aliphatic carbocycles. The van der Waals surface area contributed by atoms with Crippen LogP contribution in [0.4, 0.5) is 0 Å². The predicted molar refractivity (Wildman–Crippen MR) is 52.1 cm³/mol. The van der Waals surface area contributed by atoms with E-state index in [2.05, 4.69) is 27.5 Å². The van der Waals surface area contributed by atoms with E-state index < -0.39 is 6.10 Å². The molecule has 12 heavy (non-hydrogen) atoms. The van der Waals surface area contributed by atoms with E-state index in [1.54, 1.807) is 12.3 Å². The lowest BCUT2D eigenvalue weighted by Gasteiger charge is -2.06. The number of hydrogen-bond acceptors (Lipinski definition) is 2. The zero-order valence-corrected chi connectivity index (χ0v) is 8.51. The highest BCUT2D eigenvalue weighted by molar-refractivity contribution is 9.10. The monoisotopic (exact) mass is 247 g/mol. The van der Waals surface area contributed by atoms with E-state index in [4.69, 9.17) is 11.6 Å². The van der Waals surface area contributed by atoms with Crippen LogP contribution in [0.1, 0.15) is 11.7 Å². The van der Waals surface area contributed by atoms with Gasteiger partial charge in [-0.05, 0) is 22.0 Å². The molecule has 1 aromatic rings. The number of rotatable bonds is 2. The highest BCUT2D eigenvalue weighted by Gasteiger charge is 2.08. The van der Waals surface area contributed by atoms with E-state index in [1.807, 2.05) is 0 Å². The van der Waals surface area contributed by atoms with Gasteiger partial charge in [-0.2, -0.15) is 0 Å². The van der Waals surface area contributed by atoms with Gasteiger partial charge in [-0.1, -0.05) is 17.7 Å². The van der Waals surface area contributed by atoms with E-state index in [-0.39, 0.29) is 0 Å². The van der Waals surface area contributed by atoms with Gasteiger partial charge >= 0.3 is 0 Å². The van der Waals surface area contributed by atoms with E-state index in [0.29, 0.717) is 10.7 Å². The highest BCUT2D eigenvalue weighted by Crippen LogP contribution is 2.24. The molecule has 1 heterocycles. The lowest BCUT2D eigenvalue weighted by molar-refractivity contribution is 0.228. The van der Waals surface area contributed by atoms with Crippen molar-refractivity contribution in [2.45, 2.75) is 6.10 Å². The van der Waals surface area contributed by atoms with Gasteiger partial charge in [-0.25, -0.2) is 4.98 Å². The van der Waals surface area contributed by atoms with Crippen LogP contribution in [0.15, 0.2) is 29.4 Å². The summed E-state index contributed by atoms with van der Waals surface area (Å²) >= 11 is 8.96. The Balaban J connectivity index is 3.12. The Bertz CT molecular complexity index is 303. The van der Waals surface area contributed by atoms with Crippen molar-refractivity contribution in [3.63, 3.8) is 0 Å². The molecule has 2 nitrogen and oxygen atoms in total. The van der Waals surface area contributed by atoms with Crippen LogP contribution in [0, 0.1) is 0 Å². The number of aliphatic hydroxyl groups excluding tert-OH is 1. The van der Waals surface area contributed by atoms with Gasteiger partial charge in [0.2, 0.25) is 0 Å². The molecule has 0 spiro atoms. The fourth-order valence-electron chi connectivity index (χ4n) is 0.773. The third-order valence-corrected chi connectivity index (χ3v) is 2.12. The van der Waals surface area contributed by atoms with Gasteiger partial charge in [0.05, 0.1) is 6.10 Å². The SMILES string of the molecule is C=CC(O)c1cc(Br)cnc1Cl. The maximum atomic E-state index is 9.37. The number of aliphatic hydroxyl groups is 1. The smallest absolute Gasteiger partial charge is 0.135 e. The zero-order valence-electron chi connectivity index (χ0n) is 6.17. The third kappa shape index (κ3) is 2.06. The van der Waals surface area contributed by atoms with E-state index in [0.717, 1.165) is 4.47 Å². The van der Waals surface area contributed by atoms with Crippen LogP contribution < -0.4 is 0 Å². The number of halogens is 2. The molecule has 0 radical (unpaired) electrons. The second kappa shape index (κ2) is 4.03. The van der Waals surface area contributed by atoms with E-state index >= 15 is 0 Å². The molecule has 0 saturated carbocycles. The van der Waals surface area contributed by atoms with Crippen molar-refractivity contribution in [3.8, 4) is 0 Å². The van der Waals surface area contributed by atoms with Crippen molar-refractivity contribution < 1.29 is 5.11 Å². The molecule has 1 unspecified atom stereocenters. The number of hydrogen-bond donors (Lipinski definition) is 1. The summed E-state index contributed by atoms with van der Waals surface area (Å²) in [5.41, 5.74) is 0.557. The first-order chi connectivity index (χ1) is 5.65. The molecule has 0 bridgehead atoms. The second-order valence-corrected chi connectivity index (χ2v) is 3.49. The van der Waals surface area contributed by atoms with Crippen molar-refractivity contribution in [1.29, 1.82) is 0 Å². The molecule has 1 atom stereocenters. The zero-order chi connectivity index (χ0) is 9.14. The van der Waals surface area contributed by atoms with Crippen molar-refractivity contribution in [3.05, 3.63) is 40.1 Å². The molecular weight excluding hydrogens is 241 g/mol. The van der Waals surface area contributed by atoms with Gasteiger partial charge in [0.25, 0.3) is 0 Å². The molecule has 4 heteroatoms. The standard InChI is InChI=1S/C8H7BrClNO/c1-2-7(12)6-3-5(9)4-11-8(6)10/h2-4,7,12H,1H2. The predicted octanol–water partition coefficient (Wildman–Crippen LogP) is 2.72. The number of aromatic nitrogens is 1. The summed E-state index contributed by atoms with van der Waals surface area (Å²) in [5, 5.41) is 9.67. The summed E-state index contributed by atoms with van der Waals surface area (Å²) in [6.07, 6.45) is 2.21. The summed E-state index contributed by atoms with van der Waals surface area (Å²) in [6.45, 7) is 3.46. The maximum Gasteiger partial charge on any atom is 0.135 e. The Hall–Kier alpha value is -0.380.